The molecule has 0 radical (unpaired) electrons. The van der Waals surface area contributed by atoms with E-state index < -0.39 is 11.9 Å². The van der Waals surface area contributed by atoms with Gasteiger partial charge in [-0.15, -0.1) is 0 Å². The Kier molecular flexibility index (Phi) is 3.48. The minimum absolute atomic E-state index is 0.179. The molecular weight excluding hydrogens is 144 g/mol. The van der Waals surface area contributed by atoms with Gasteiger partial charge in [-0.05, 0) is 20.8 Å². The fourth-order valence-corrected chi connectivity index (χ4v) is 0.422. The van der Waals surface area contributed by atoms with E-state index in [0.29, 0.717) is 0 Å². The highest BCUT2D eigenvalue weighted by molar-refractivity contribution is 5.79. The van der Waals surface area contributed by atoms with Gasteiger partial charge in [0.25, 0.3) is 0 Å². The lowest BCUT2D eigenvalue weighted by Crippen LogP contribution is -2.42. The number of nitrogens with two attached hydrogens (primary N) is 2. The predicted octanol–water partition coefficient (Wildman–Crippen LogP) is -0.386. The Balaban J connectivity index is 3.63. The van der Waals surface area contributed by atoms with Crippen LogP contribution in [-0.4, -0.2) is 24.2 Å². The number of amides is 1. The van der Waals surface area contributed by atoms with Gasteiger partial charge in [0.05, 0.1) is 12.2 Å². The van der Waals surface area contributed by atoms with Crippen LogP contribution in [0.5, 0.6) is 0 Å². The molecule has 4 N–H and O–H groups in total. The highest BCUT2D eigenvalue weighted by Crippen LogP contribution is 2.06. The normalized spacial score (nSPS) is 14.5. The van der Waals surface area contributed by atoms with Crippen molar-refractivity contribution in [2.75, 3.05) is 6.61 Å². The van der Waals surface area contributed by atoms with Gasteiger partial charge in [0.2, 0.25) is 5.91 Å². The van der Waals surface area contributed by atoms with E-state index in [4.69, 9.17) is 16.2 Å². The maximum Gasteiger partial charge on any atom is 0.236 e. The first-order valence-corrected chi connectivity index (χ1v) is 3.52. The van der Waals surface area contributed by atoms with E-state index in [1.807, 2.05) is 20.8 Å². The Hall–Kier alpha value is -0.610. The van der Waals surface area contributed by atoms with Crippen LogP contribution in [0.15, 0.2) is 0 Å². The van der Waals surface area contributed by atoms with Crippen molar-refractivity contribution in [1.82, 2.24) is 0 Å². The third-order valence-corrected chi connectivity index (χ3v) is 1.06. The largest absolute Gasteiger partial charge is 0.374 e. The van der Waals surface area contributed by atoms with Crippen LogP contribution in [0.4, 0.5) is 0 Å². The van der Waals surface area contributed by atoms with Gasteiger partial charge in [0.15, 0.2) is 0 Å². The zero-order chi connectivity index (χ0) is 9.07. The van der Waals surface area contributed by atoms with E-state index >= 15 is 0 Å². The van der Waals surface area contributed by atoms with Crippen LogP contribution in [0.3, 0.4) is 0 Å². The van der Waals surface area contributed by atoms with E-state index in [9.17, 15) is 4.79 Å². The molecule has 1 amide bonds. The summed E-state index contributed by atoms with van der Waals surface area (Å²) in [6.45, 7) is 5.85. The molecule has 0 aliphatic carbocycles. The average Bonchev–Trinajstić information content (AvgIpc) is 1.80. The predicted molar refractivity (Wildman–Crippen MR) is 42.9 cm³/mol. The van der Waals surface area contributed by atoms with Gasteiger partial charge in [-0.25, -0.2) is 0 Å². The molecule has 0 fully saturated rings. The Bertz CT molecular complexity index is 140. The molecule has 1 atom stereocenters. The van der Waals surface area contributed by atoms with Gasteiger partial charge in [0, 0.05) is 0 Å². The van der Waals surface area contributed by atoms with Crippen molar-refractivity contribution in [1.29, 1.82) is 0 Å². The molecule has 0 unspecified atom stereocenters. The zero-order valence-corrected chi connectivity index (χ0v) is 7.26. The standard InChI is InChI=1S/C7H16N2O2/c1-7(2,3)11-4-5(8)6(9)10/h5H,4,8H2,1-3H3,(H2,9,10)/t5-/m0/s1. The topological polar surface area (TPSA) is 78.3 Å². The summed E-state index contributed by atoms with van der Waals surface area (Å²) >= 11 is 0. The van der Waals surface area contributed by atoms with Crippen LogP contribution in [0.1, 0.15) is 20.8 Å². The molecule has 0 saturated carbocycles. The number of carbonyl (C=O) groups excluding carboxylic acids is 1. The summed E-state index contributed by atoms with van der Waals surface area (Å²) in [5.41, 5.74) is 9.97. The maximum atomic E-state index is 10.4. The summed E-state index contributed by atoms with van der Waals surface area (Å²) < 4.78 is 5.23. The van der Waals surface area contributed by atoms with Crippen molar-refractivity contribution in [3.63, 3.8) is 0 Å². The Labute approximate surface area is 66.9 Å². The quantitative estimate of drug-likeness (QED) is 0.590. The summed E-state index contributed by atoms with van der Waals surface area (Å²) in [7, 11) is 0. The van der Waals surface area contributed by atoms with E-state index in [2.05, 4.69) is 0 Å². The van der Waals surface area contributed by atoms with E-state index in [1.54, 1.807) is 0 Å². The highest BCUT2D eigenvalue weighted by Gasteiger charge is 2.15. The van der Waals surface area contributed by atoms with Gasteiger partial charge in [-0.1, -0.05) is 0 Å². The van der Waals surface area contributed by atoms with Gasteiger partial charge >= 0.3 is 0 Å². The molecule has 0 spiro atoms. The number of ether oxygens (including phenoxy) is 1. The molecule has 4 heteroatoms. The van der Waals surface area contributed by atoms with Crippen LogP contribution >= 0.6 is 0 Å². The minimum atomic E-state index is -0.700. The molecule has 4 nitrogen and oxygen atoms in total. The number of primary amides is 1. The van der Waals surface area contributed by atoms with Crippen molar-refractivity contribution in [3.05, 3.63) is 0 Å². The third kappa shape index (κ3) is 5.82. The molecular formula is C7H16N2O2. The van der Waals surface area contributed by atoms with Crippen LogP contribution in [0.2, 0.25) is 0 Å². The summed E-state index contributed by atoms with van der Waals surface area (Å²) in [5.74, 6) is -0.533. The molecule has 0 aromatic rings. The molecule has 0 rings (SSSR count). The van der Waals surface area contributed by atoms with Crippen molar-refractivity contribution < 1.29 is 9.53 Å². The first-order chi connectivity index (χ1) is 4.83. The van der Waals surface area contributed by atoms with Crippen molar-refractivity contribution in [2.24, 2.45) is 11.5 Å². The van der Waals surface area contributed by atoms with Crippen LogP contribution in [0, 0.1) is 0 Å². The van der Waals surface area contributed by atoms with Crippen molar-refractivity contribution in [3.8, 4) is 0 Å². The summed E-state index contributed by atoms with van der Waals surface area (Å²) in [4.78, 5) is 10.4. The fraction of sp³-hybridized carbons (Fsp3) is 0.857. The maximum absolute atomic E-state index is 10.4. The Morgan fingerprint density at radius 3 is 2.27 bits per heavy atom. The molecule has 0 aromatic carbocycles. The monoisotopic (exact) mass is 160 g/mol. The van der Waals surface area contributed by atoms with Gasteiger partial charge in [-0.2, -0.15) is 0 Å². The van der Waals surface area contributed by atoms with E-state index in [1.165, 1.54) is 0 Å². The molecule has 0 aliphatic rings. The van der Waals surface area contributed by atoms with Crippen molar-refractivity contribution >= 4 is 5.91 Å². The lowest BCUT2D eigenvalue weighted by Gasteiger charge is -2.20. The van der Waals surface area contributed by atoms with Crippen LogP contribution in [-0.2, 0) is 9.53 Å². The number of hydrogen-bond acceptors (Lipinski definition) is 3. The Morgan fingerprint density at radius 1 is 1.55 bits per heavy atom. The third-order valence-electron chi connectivity index (χ3n) is 1.06. The average molecular weight is 160 g/mol. The van der Waals surface area contributed by atoms with Gasteiger partial charge < -0.3 is 16.2 Å². The fourth-order valence-electron chi connectivity index (χ4n) is 0.422. The summed E-state index contributed by atoms with van der Waals surface area (Å²) in [6, 6.07) is -0.700. The second-order valence-corrected chi connectivity index (χ2v) is 3.43. The van der Waals surface area contributed by atoms with E-state index in [-0.39, 0.29) is 12.2 Å². The lowest BCUT2D eigenvalue weighted by atomic mass is 10.2. The minimum Gasteiger partial charge on any atom is -0.374 e. The summed E-state index contributed by atoms with van der Waals surface area (Å²) in [6.07, 6.45) is 0. The SMILES string of the molecule is CC(C)(C)OC[C@H](N)C(N)=O. The molecule has 0 saturated heterocycles. The number of rotatable bonds is 3. The molecule has 0 aliphatic heterocycles. The first-order valence-electron chi connectivity index (χ1n) is 3.52. The Morgan fingerprint density at radius 2 is 2.00 bits per heavy atom. The number of carbonyl (C=O) groups is 1. The molecule has 0 aromatic heterocycles. The smallest absolute Gasteiger partial charge is 0.236 e. The molecule has 0 bridgehead atoms. The number of hydrogen-bond donors (Lipinski definition) is 2. The second-order valence-electron chi connectivity index (χ2n) is 3.43. The van der Waals surface area contributed by atoms with Gasteiger partial charge in [0.1, 0.15) is 6.04 Å². The molecule has 66 valence electrons. The molecule has 11 heavy (non-hydrogen) atoms. The first kappa shape index (κ1) is 10.4. The highest BCUT2D eigenvalue weighted by atomic mass is 16.5. The van der Waals surface area contributed by atoms with Crippen LogP contribution < -0.4 is 11.5 Å². The zero-order valence-electron chi connectivity index (χ0n) is 7.26. The van der Waals surface area contributed by atoms with Crippen molar-refractivity contribution in [2.45, 2.75) is 32.4 Å². The van der Waals surface area contributed by atoms with Gasteiger partial charge in [-0.3, -0.25) is 4.79 Å². The summed E-state index contributed by atoms with van der Waals surface area (Å²) in [5, 5.41) is 0. The van der Waals surface area contributed by atoms with Crippen LogP contribution in [0.25, 0.3) is 0 Å². The van der Waals surface area contributed by atoms with E-state index in [0.717, 1.165) is 0 Å². The second kappa shape index (κ2) is 3.69. The lowest BCUT2D eigenvalue weighted by molar-refractivity contribution is -0.121. The molecule has 0 heterocycles.